The van der Waals surface area contributed by atoms with Crippen LogP contribution in [-0.4, -0.2) is 17.0 Å². The highest BCUT2D eigenvalue weighted by Gasteiger charge is 2.27. The van der Waals surface area contributed by atoms with Crippen LogP contribution >= 0.6 is 15.9 Å². The number of aliphatic hydroxyl groups excluding tert-OH is 1. The van der Waals surface area contributed by atoms with Gasteiger partial charge in [0.05, 0.1) is 4.48 Å². The van der Waals surface area contributed by atoms with E-state index in [4.69, 9.17) is 10.8 Å². The van der Waals surface area contributed by atoms with Crippen molar-refractivity contribution >= 4 is 21.7 Å². The number of carbonyl (C=O) groups is 1. The topological polar surface area (TPSA) is 63.3 Å². The van der Waals surface area contributed by atoms with Crippen LogP contribution in [-0.2, 0) is 4.79 Å². The molecule has 3 nitrogen and oxygen atoms in total. The second-order valence-corrected chi connectivity index (χ2v) is 2.72. The molecule has 0 heterocycles. The van der Waals surface area contributed by atoms with Gasteiger partial charge in [0.2, 0.25) is 0 Å². The van der Waals surface area contributed by atoms with Gasteiger partial charge >= 0.3 is 0 Å². The van der Waals surface area contributed by atoms with E-state index in [1.165, 1.54) is 0 Å². The first kappa shape index (κ1) is 6.77. The van der Waals surface area contributed by atoms with Crippen molar-refractivity contribution < 1.29 is 9.90 Å². The lowest BCUT2D eigenvalue weighted by Gasteiger charge is -1.93. The van der Waals surface area contributed by atoms with Crippen molar-refractivity contribution in [2.45, 2.75) is 12.5 Å². The molecule has 50 valence electrons. The highest BCUT2D eigenvalue weighted by atomic mass is 79.9. The summed E-state index contributed by atoms with van der Waals surface area (Å²) in [6, 6.07) is 0. The first-order chi connectivity index (χ1) is 4.13. The van der Waals surface area contributed by atoms with Crippen molar-refractivity contribution in [3.05, 3.63) is 10.2 Å². The van der Waals surface area contributed by atoms with Gasteiger partial charge in [-0.15, -0.1) is 0 Å². The van der Waals surface area contributed by atoms with Crippen LogP contribution in [0.2, 0.25) is 0 Å². The van der Waals surface area contributed by atoms with E-state index in [0.717, 1.165) is 0 Å². The normalized spacial score (nSPS) is 27.8. The van der Waals surface area contributed by atoms with Gasteiger partial charge in [-0.2, -0.15) is 0 Å². The molecule has 0 saturated carbocycles. The van der Waals surface area contributed by atoms with Crippen LogP contribution in [0, 0.1) is 0 Å². The average Bonchev–Trinajstić information content (AvgIpc) is 1.98. The van der Waals surface area contributed by atoms with Gasteiger partial charge in [-0.05, 0) is 15.9 Å². The molecule has 0 aliphatic heterocycles. The Bertz CT molecular complexity index is 187. The minimum atomic E-state index is -0.917. The Balaban J connectivity index is 2.87. The van der Waals surface area contributed by atoms with Crippen LogP contribution < -0.4 is 5.73 Å². The Hall–Kier alpha value is -0.350. The Kier molecular flexibility index (Phi) is 1.59. The minimum absolute atomic E-state index is 0.263. The molecule has 1 atom stereocenters. The number of carbonyl (C=O) groups excluding carboxylic acids is 1. The van der Waals surface area contributed by atoms with Gasteiger partial charge in [-0.3, -0.25) is 4.79 Å². The first-order valence-corrected chi connectivity index (χ1v) is 3.28. The molecular formula is C5H6BrNO2. The van der Waals surface area contributed by atoms with Gasteiger partial charge in [0.1, 0.15) is 6.10 Å². The maximum absolute atomic E-state index is 10.7. The van der Waals surface area contributed by atoms with Crippen LogP contribution in [0.15, 0.2) is 10.2 Å². The van der Waals surface area contributed by atoms with Crippen molar-refractivity contribution in [3.8, 4) is 0 Å². The van der Waals surface area contributed by atoms with Gasteiger partial charge in [0.15, 0.2) is 5.78 Å². The SMILES string of the molecule is NC1=C(Br)C(=O)[C@@H](O)C1. The Labute approximate surface area is 60.7 Å². The van der Waals surface area contributed by atoms with E-state index in [-0.39, 0.29) is 12.2 Å². The summed E-state index contributed by atoms with van der Waals surface area (Å²) in [6.07, 6.45) is -0.654. The third kappa shape index (κ3) is 0.997. The fourth-order valence-corrected chi connectivity index (χ4v) is 1.12. The van der Waals surface area contributed by atoms with E-state index in [9.17, 15) is 4.79 Å². The number of aliphatic hydroxyl groups is 1. The molecule has 0 spiro atoms. The fourth-order valence-electron chi connectivity index (χ4n) is 0.695. The number of hydrogen-bond acceptors (Lipinski definition) is 3. The Morgan fingerprint density at radius 1 is 1.78 bits per heavy atom. The third-order valence-electron chi connectivity index (χ3n) is 1.21. The van der Waals surface area contributed by atoms with Gasteiger partial charge in [0.25, 0.3) is 0 Å². The maximum atomic E-state index is 10.7. The molecule has 0 bridgehead atoms. The Morgan fingerprint density at radius 3 is 2.44 bits per heavy atom. The molecule has 9 heavy (non-hydrogen) atoms. The van der Waals surface area contributed by atoms with Gasteiger partial charge in [0, 0.05) is 12.1 Å². The molecular weight excluding hydrogens is 186 g/mol. The average molecular weight is 192 g/mol. The lowest BCUT2D eigenvalue weighted by Crippen LogP contribution is -2.13. The predicted octanol–water partition coefficient (Wildman–Crippen LogP) is -0.115. The second kappa shape index (κ2) is 2.11. The summed E-state index contributed by atoms with van der Waals surface area (Å²) in [4.78, 5) is 10.7. The summed E-state index contributed by atoms with van der Waals surface area (Å²) in [7, 11) is 0. The van der Waals surface area contributed by atoms with E-state index in [1.54, 1.807) is 0 Å². The molecule has 3 N–H and O–H groups in total. The van der Waals surface area contributed by atoms with Crippen molar-refractivity contribution in [2.75, 3.05) is 0 Å². The zero-order chi connectivity index (χ0) is 7.02. The lowest BCUT2D eigenvalue weighted by atomic mass is 10.3. The third-order valence-corrected chi connectivity index (χ3v) is 2.11. The van der Waals surface area contributed by atoms with Crippen molar-refractivity contribution in [1.82, 2.24) is 0 Å². The highest BCUT2D eigenvalue weighted by molar-refractivity contribution is 9.12. The molecule has 0 aromatic rings. The summed E-state index contributed by atoms with van der Waals surface area (Å²) in [5.74, 6) is -0.312. The molecule has 0 amide bonds. The molecule has 1 aliphatic rings. The predicted molar refractivity (Wildman–Crippen MR) is 35.8 cm³/mol. The molecule has 0 fully saturated rings. The van der Waals surface area contributed by atoms with Gasteiger partial charge in [-0.25, -0.2) is 0 Å². The number of Topliss-reactive ketones (excluding diaryl/α,β-unsaturated/α-hetero) is 1. The van der Waals surface area contributed by atoms with E-state index >= 15 is 0 Å². The zero-order valence-electron chi connectivity index (χ0n) is 4.60. The largest absolute Gasteiger partial charge is 0.401 e. The number of halogens is 1. The Morgan fingerprint density at radius 2 is 2.33 bits per heavy atom. The minimum Gasteiger partial charge on any atom is -0.401 e. The standard InChI is InChI=1S/C5H6BrNO2/c6-4-2(7)1-3(8)5(4)9/h3,8H,1,7H2/t3-/m0/s1. The van der Waals surface area contributed by atoms with E-state index in [0.29, 0.717) is 10.2 Å². The summed E-state index contributed by atoms with van der Waals surface area (Å²) < 4.78 is 0.329. The second-order valence-electron chi connectivity index (χ2n) is 1.92. The zero-order valence-corrected chi connectivity index (χ0v) is 6.18. The highest BCUT2D eigenvalue weighted by Crippen LogP contribution is 2.23. The molecule has 0 aromatic carbocycles. The number of hydrogen-bond donors (Lipinski definition) is 2. The molecule has 0 unspecified atom stereocenters. The van der Waals surface area contributed by atoms with Crippen LogP contribution in [0.5, 0.6) is 0 Å². The summed E-state index contributed by atoms with van der Waals surface area (Å²) >= 11 is 2.95. The van der Waals surface area contributed by atoms with Crippen LogP contribution in [0.25, 0.3) is 0 Å². The quantitative estimate of drug-likeness (QED) is 0.562. The summed E-state index contributed by atoms with van der Waals surface area (Å²) in [5, 5.41) is 8.84. The van der Waals surface area contributed by atoms with Crippen molar-refractivity contribution in [2.24, 2.45) is 5.73 Å². The summed E-state index contributed by atoms with van der Waals surface area (Å²) in [6.45, 7) is 0. The number of nitrogens with two attached hydrogens (primary N) is 1. The molecule has 0 radical (unpaired) electrons. The van der Waals surface area contributed by atoms with Crippen molar-refractivity contribution in [1.29, 1.82) is 0 Å². The number of ketones is 1. The van der Waals surface area contributed by atoms with Crippen LogP contribution in [0.3, 0.4) is 0 Å². The lowest BCUT2D eigenvalue weighted by molar-refractivity contribution is -0.121. The molecule has 4 heteroatoms. The fraction of sp³-hybridized carbons (Fsp3) is 0.400. The smallest absolute Gasteiger partial charge is 0.200 e. The van der Waals surface area contributed by atoms with Gasteiger partial charge < -0.3 is 10.8 Å². The van der Waals surface area contributed by atoms with Gasteiger partial charge in [-0.1, -0.05) is 0 Å². The van der Waals surface area contributed by atoms with E-state index in [1.807, 2.05) is 0 Å². The molecule has 1 aliphatic carbocycles. The van der Waals surface area contributed by atoms with Crippen LogP contribution in [0.1, 0.15) is 6.42 Å². The molecule has 0 saturated heterocycles. The molecule has 1 rings (SSSR count). The monoisotopic (exact) mass is 191 g/mol. The number of rotatable bonds is 0. The van der Waals surface area contributed by atoms with Crippen LogP contribution in [0.4, 0.5) is 0 Å². The molecule has 0 aromatic heterocycles. The van der Waals surface area contributed by atoms with Crippen molar-refractivity contribution in [3.63, 3.8) is 0 Å². The maximum Gasteiger partial charge on any atom is 0.200 e. The van der Waals surface area contributed by atoms with E-state index in [2.05, 4.69) is 15.9 Å². The first-order valence-electron chi connectivity index (χ1n) is 2.49. The summed E-state index contributed by atoms with van der Waals surface area (Å²) in [5.41, 5.74) is 5.75. The van der Waals surface area contributed by atoms with E-state index < -0.39 is 6.10 Å².